The molecule has 0 fully saturated rings. The van der Waals surface area contributed by atoms with Crippen LogP contribution in [0.15, 0.2) is 24.0 Å². The summed E-state index contributed by atoms with van der Waals surface area (Å²) >= 11 is 1.45. The van der Waals surface area contributed by atoms with Crippen LogP contribution >= 0.6 is 11.3 Å². The molecule has 2 aromatic rings. The molecule has 76 valence electrons. The summed E-state index contributed by atoms with van der Waals surface area (Å²) in [5.41, 5.74) is 2.64. The van der Waals surface area contributed by atoms with Gasteiger partial charge in [-0.2, -0.15) is 0 Å². The quantitative estimate of drug-likeness (QED) is 0.630. The smallest absolute Gasteiger partial charge is 0.169 e. The van der Waals surface area contributed by atoms with Crippen molar-refractivity contribution in [1.29, 1.82) is 0 Å². The van der Waals surface area contributed by atoms with Crippen molar-refractivity contribution in [3.8, 4) is 0 Å². The molecule has 0 bridgehead atoms. The number of aldehydes is 1. The first-order valence-electron chi connectivity index (χ1n) is 4.34. The van der Waals surface area contributed by atoms with Gasteiger partial charge in [0.1, 0.15) is 0 Å². The maximum atomic E-state index is 11.7. The van der Waals surface area contributed by atoms with E-state index in [0.717, 1.165) is 4.88 Å². The minimum Gasteiger partial charge on any atom is -0.358 e. The standard InChI is InChI=1S/C10H8N2O2S/c13-5-8-1-7(3-12-8)10(14)2-9-4-11-6-15-9/h1,3-6,12H,2H2. The molecule has 0 aliphatic heterocycles. The molecule has 0 amide bonds. The Balaban J connectivity index is 2.11. The van der Waals surface area contributed by atoms with Gasteiger partial charge in [-0.05, 0) is 6.07 Å². The van der Waals surface area contributed by atoms with Gasteiger partial charge in [-0.3, -0.25) is 14.6 Å². The van der Waals surface area contributed by atoms with Crippen LogP contribution < -0.4 is 0 Å². The van der Waals surface area contributed by atoms with Crippen LogP contribution in [-0.4, -0.2) is 22.0 Å². The Hall–Kier alpha value is -1.75. The average Bonchev–Trinajstić information content (AvgIpc) is 2.86. The summed E-state index contributed by atoms with van der Waals surface area (Å²) in [4.78, 5) is 29.6. The van der Waals surface area contributed by atoms with Gasteiger partial charge in [0, 0.05) is 29.3 Å². The number of hydrogen-bond acceptors (Lipinski definition) is 4. The number of rotatable bonds is 4. The normalized spacial score (nSPS) is 10.1. The molecular formula is C10H8N2O2S. The fourth-order valence-corrected chi connectivity index (χ4v) is 1.82. The Morgan fingerprint density at radius 2 is 2.47 bits per heavy atom. The molecule has 0 atom stereocenters. The van der Waals surface area contributed by atoms with E-state index in [9.17, 15) is 9.59 Å². The molecule has 0 unspecified atom stereocenters. The minimum absolute atomic E-state index is 0.0106. The van der Waals surface area contributed by atoms with Crippen molar-refractivity contribution in [3.63, 3.8) is 0 Å². The van der Waals surface area contributed by atoms with Gasteiger partial charge >= 0.3 is 0 Å². The number of ketones is 1. The molecule has 4 nitrogen and oxygen atoms in total. The van der Waals surface area contributed by atoms with E-state index in [1.807, 2.05) is 0 Å². The van der Waals surface area contributed by atoms with E-state index < -0.39 is 0 Å². The van der Waals surface area contributed by atoms with E-state index in [1.165, 1.54) is 11.3 Å². The topological polar surface area (TPSA) is 62.8 Å². The predicted octanol–water partition coefficient (Wildman–Crippen LogP) is 1.71. The summed E-state index contributed by atoms with van der Waals surface area (Å²) in [6.07, 6.45) is 4.24. The first-order chi connectivity index (χ1) is 7.29. The fraction of sp³-hybridized carbons (Fsp3) is 0.100. The summed E-state index contributed by atoms with van der Waals surface area (Å²) in [6.45, 7) is 0. The molecule has 5 heteroatoms. The van der Waals surface area contributed by atoms with Crippen LogP contribution in [0.1, 0.15) is 25.7 Å². The zero-order valence-electron chi connectivity index (χ0n) is 7.77. The number of nitrogens with zero attached hydrogens (tertiary/aromatic N) is 1. The van der Waals surface area contributed by atoms with Gasteiger partial charge in [0.25, 0.3) is 0 Å². The summed E-state index contributed by atoms with van der Waals surface area (Å²) in [5.74, 6) is -0.0106. The fourth-order valence-electron chi connectivity index (χ4n) is 1.23. The Kier molecular flexibility index (Phi) is 2.73. The number of thiazole rings is 1. The largest absolute Gasteiger partial charge is 0.358 e. The Morgan fingerprint density at radius 3 is 3.07 bits per heavy atom. The Bertz CT molecular complexity index is 473. The highest BCUT2D eigenvalue weighted by atomic mass is 32.1. The van der Waals surface area contributed by atoms with Gasteiger partial charge in [-0.1, -0.05) is 0 Å². The third-order valence-electron chi connectivity index (χ3n) is 1.97. The maximum absolute atomic E-state index is 11.7. The molecule has 0 saturated carbocycles. The second kappa shape index (κ2) is 4.18. The van der Waals surface area contributed by atoms with Crippen LogP contribution in [0, 0.1) is 0 Å². The lowest BCUT2D eigenvalue weighted by molar-refractivity contribution is 0.0994. The van der Waals surface area contributed by atoms with Crippen molar-refractivity contribution < 1.29 is 9.59 Å². The van der Waals surface area contributed by atoms with E-state index in [-0.39, 0.29) is 5.78 Å². The monoisotopic (exact) mass is 220 g/mol. The number of hydrogen-bond donors (Lipinski definition) is 1. The van der Waals surface area contributed by atoms with Gasteiger partial charge in [0.2, 0.25) is 0 Å². The molecule has 2 rings (SSSR count). The number of carbonyl (C=O) groups excluding carboxylic acids is 2. The minimum atomic E-state index is -0.0106. The molecule has 2 heterocycles. The second-order valence-electron chi connectivity index (χ2n) is 3.03. The third kappa shape index (κ3) is 2.19. The Labute approximate surface area is 90.0 Å². The van der Waals surface area contributed by atoms with Gasteiger partial charge in [0.15, 0.2) is 12.1 Å². The van der Waals surface area contributed by atoms with Crippen LogP contribution in [-0.2, 0) is 6.42 Å². The van der Waals surface area contributed by atoms with Crippen LogP contribution in [0.4, 0.5) is 0 Å². The Morgan fingerprint density at radius 1 is 1.60 bits per heavy atom. The molecule has 1 N–H and O–H groups in total. The summed E-state index contributed by atoms with van der Waals surface area (Å²) < 4.78 is 0. The molecule has 15 heavy (non-hydrogen) atoms. The first-order valence-corrected chi connectivity index (χ1v) is 5.21. The lowest BCUT2D eigenvalue weighted by Gasteiger charge is -1.92. The molecule has 0 aliphatic rings. The van der Waals surface area contributed by atoms with Crippen molar-refractivity contribution >= 4 is 23.4 Å². The lowest BCUT2D eigenvalue weighted by atomic mass is 10.1. The van der Waals surface area contributed by atoms with Crippen molar-refractivity contribution in [2.24, 2.45) is 0 Å². The van der Waals surface area contributed by atoms with Crippen molar-refractivity contribution in [1.82, 2.24) is 9.97 Å². The van der Waals surface area contributed by atoms with Crippen molar-refractivity contribution in [3.05, 3.63) is 40.1 Å². The average molecular weight is 220 g/mol. The lowest BCUT2D eigenvalue weighted by Crippen LogP contribution is -2.00. The summed E-state index contributed by atoms with van der Waals surface area (Å²) in [6, 6.07) is 1.55. The van der Waals surface area contributed by atoms with Gasteiger partial charge in [-0.25, -0.2) is 0 Å². The molecule has 0 saturated heterocycles. The predicted molar refractivity (Wildman–Crippen MR) is 56.3 cm³/mol. The molecular weight excluding hydrogens is 212 g/mol. The van der Waals surface area contributed by atoms with E-state index in [2.05, 4.69) is 9.97 Å². The van der Waals surface area contributed by atoms with Crippen molar-refractivity contribution in [2.75, 3.05) is 0 Å². The van der Waals surface area contributed by atoms with Gasteiger partial charge < -0.3 is 4.98 Å². The summed E-state index contributed by atoms with van der Waals surface area (Å²) in [7, 11) is 0. The number of aromatic amines is 1. The number of aromatic nitrogens is 2. The molecule has 0 aromatic carbocycles. The van der Waals surface area contributed by atoms with E-state index >= 15 is 0 Å². The molecule has 0 spiro atoms. The third-order valence-corrected chi connectivity index (χ3v) is 2.75. The van der Waals surface area contributed by atoms with Gasteiger partial charge in [-0.15, -0.1) is 11.3 Å². The highest BCUT2D eigenvalue weighted by Crippen LogP contribution is 2.11. The van der Waals surface area contributed by atoms with Crippen molar-refractivity contribution in [2.45, 2.75) is 6.42 Å². The highest BCUT2D eigenvalue weighted by Gasteiger charge is 2.09. The SMILES string of the molecule is O=Cc1cc(C(=O)Cc2cncs2)c[nH]1. The molecule has 0 aliphatic carbocycles. The number of Topliss-reactive ketones (excluding diaryl/α,β-unsaturated/α-hetero) is 1. The number of nitrogens with one attached hydrogen (secondary N) is 1. The number of H-pyrrole nitrogens is 1. The van der Waals surface area contributed by atoms with E-state index in [4.69, 9.17) is 0 Å². The van der Waals surface area contributed by atoms with Crippen LogP contribution in [0.25, 0.3) is 0 Å². The zero-order chi connectivity index (χ0) is 10.7. The summed E-state index contributed by atoms with van der Waals surface area (Å²) in [5, 5.41) is 0. The van der Waals surface area contributed by atoms with Crippen LogP contribution in [0.3, 0.4) is 0 Å². The van der Waals surface area contributed by atoms with Crippen LogP contribution in [0.5, 0.6) is 0 Å². The van der Waals surface area contributed by atoms with Crippen LogP contribution in [0.2, 0.25) is 0 Å². The highest BCUT2D eigenvalue weighted by molar-refractivity contribution is 7.09. The first kappa shape index (κ1) is 9.79. The second-order valence-corrected chi connectivity index (χ2v) is 4.00. The van der Waals surface area contributed by atoms with E-state index in [1.54, 1.807) is 24.0 Å². The molecule has 2 aromatic heterocycles. The number of carbonyl (C=O) groups is 2. The maximum Gasteiger partial charge on any atom is 0.169 e. The van der Waals surface area contributed by atoms with Gasteiger partial charge in [0.05, 0.1) is 11.2 Å². The van der Waals surface area contributed by atoms with E-state index in [0.29, 0.717) is 24.0 Å². The molecule has 0 radical (unpaired) electrons. The zero-order valence-corrected chi connectivity index (χ0v) is 8.58.